The van der Waals surface area contributed by atoms with Crippen molar-refractivity contribution in [1.29, 1.82) is 0 Å². The average Bonchev–Trinajstić information content (AvgIpc) is 2.81. The molecule has 0 saturated carbocycles. The first-order valence-electron chi connectivity index (χ1n) is 6.53. The van der Waals surface area contributed by atoms with Crippen LogP contribution in [0, 0.1) is 0 Å². The Morgan fingerprint density at radius 1 is 1.58 bits per heavy atom. The summed E-state index contributed by atoms with van der Waals surface area (Å²) in [6.07, 6.45) is 1.17. The number of likely N-dealkylation sites (N-methyl/N-ethyl adjacent to an activating group) is 1. The molecule has 5 heteroatoms. The number of hydrogen-bond donors (Lipinski definition) is 2. The molecular weight excluding hydrogens is 244 g/mol. The number of ether oxygens (including phenoxy) is 1. The van der Waals surface area contributed by atoms with Gasteiger partial charge in [0, 0.05) is 19.1 Å². The number of aromatic carboxylic acids is 1. The SMILES string of the molecule is CN1CCC(NCCOc2cccc(C(=O)O)c2)C1. The second-order valence-corrected chi connectivity index (χ2v) is 4.88. The first kappa shape index (κ1) is 13.8. The van der Waals surface area contributed by atoms with E-state index in [1.54, 1.807) is 24.3 Å². The van der Waals surface area contributed by atoms with Gasteiger partial charge in [-0.2, -0.15) is 0 Å². The van der Waals surface area contributed by atoms with Crippen LogP contribution < -0.4 is 10.1 Å². The molecule has 1 unspecified atom stereocenters. The largest absolute Gasteiger partial charge is 0.492 e. The van der Waals surface area contributed by atoms with E-state index in [-0.39, 0.29) is 5.56 Å². The molecule has 1 aliphatic rings. The Labute approximate surface area is 113 Å². The molecule has 1 heterocycles. The summed E-state index contributed by atoms with van der Waals surface area (Å²) in [6.45, 7) is 3.53. The van der Waals surface area contributed by atoms with E-state index in [1.165, 1.54) is 6.42 Å². The third-order valence-corrected chi connectivity index (χ3v) is 3.28. The van der Waals surface area contributed by atoms with Crippen molar-refractivity contribution in [2.24, 2.45) is 0 Å². The topological polar surface area (TPSA) is 61.8 Å². The molecule has 0 bridgehead atoms. The summed E-state index contributed by atoms with van der Waals surface area (Å²) >= 11 is 0. The van der Waals surface area contributed by atoms with E-state index in [1.807, 2.05) is 0 Å². The minimum Gasteiger partial charge on any atom is -0.492 e. The summed E-state index contributed by atoms with van der Waals surface area (Å²) in [5, 5.41) is 12.3. The maximum Gasteiger partial charge on any atom is 0.335 e. The summed E-state index contributed by atoms with van der Waals surface area (Å²) in [4.78, 5) is 13.1. The van der Waals surface area contributed by atoms with Gasteiger partial charge in [-0.25, -0.2) is 4.79 Å². The second-order valence-electron chi connectivity index (χ2n) is 4.88. The van der Waals surface area contributed by atoms with Crippen molar-refractivity contribution in [1.82, 2.24) is 10.2 Å². The molecule has 1 saturated heterocycles. The van der Waals surface area contributed by atoms with Crippen molar-refractivity contribution < 1.29 is 14.6 Å². The van der Waals surface area contributed by atoms with E-state index in [4.69, 9.17) is 9.84 Å². The van der Waals surface area contributed by atoms with E-state index < -0.39 is 5.97 Å². The molecule has 0 aromatic heterocycles. The van der Waals surface area contributed by atoms with E-state index >= 15 is 0 Å². The average molecular weight is 264 g/mol. The highest BCUT2D eigenvalue weighted by Gasteiger charge is 2.18. The van der Waals surface area contributed by atoms with Crippen LogP contribution in [0.5, 0.6) is 5.75 Å². The van der Waals surface area contributed by atoms with Crippen LogP contribution in [0.25, 0.3) is 0 Å². The van der Waals surface area contributed by atoms with Crippen LogP contribution in [-0.4, -0.2) is 55.3 Å². The van der Waals surface area contributed by atoms with Gasteiger partial charge < -0.3 is 20.1 Å². The third kappa shape index (κ3) is 4.22. The number of carbonyl (C=O) groups is 1. The fraction of sp³-hybridized carbons (Fsp3) is 0.500. The second kappa shape index (κ2) is 6.54. The highest BCUT2D eigenvalue weighted by Crippen LogP contribution is 2.13. The maximum atomic E-state index is 10.8. The summed E-state index contributed by atoms with van der Waals surface area (Å²) < 4.78 is 5.54. The zero-order valence-electron chi connectivity index (χ0n) is 11.1. The number of carboxylic acids is 1. The molecule has 1 aromatic carbocycles. The standard InChI is InChI=1S/C14H20N2O3/c1-16-7-5-12(10-16)15-6-8-19-13-4-2-3-11(9-13)14(17)18/h2-4,9,12,15H,5-8,10H2,1H3,(H,17,18). The fourth-order valence-electron chi connectivity index (χ4n) is 2.25. The van der Waals surface area contributed by atoms with Gasteiger partial charge in [0.2, 0.25) is 0 Å². The van der Waals surface area contributed by atoms with Crippen LogP contribution in [0.15, 0.2) is 24.3 Å². The predicted molar refractivity (Wildman–Crippen MR) is 72.8 cm³/mol. The van der Waals surface area contributed by atoms with Gasteiger partial charge in [0.05, 0.1) is 5.56 Å². The Morgan fingerprint density at radius 3 is 3.11 bits per heavy atom. The van der Waals surface area contributed by atoms with Gasteiger partial charge in [0.1, 0.15) is 12.4 Å². The molecule has 0 amide bonds. The summed E-state index contributed by atoms with van der Waals surface area (Å²) in [5.74, 6) is -0.331. The molecule has 1 aromatic rings. The summed E-state index contributed by atoms with van der Waals surface area (Å²) in [7, 11) is 2.12. The third-order valence-electron chi connectivity index (χ3n) is 3.28. The number of benzene rings is 1. The number of hydrogen-bond acceptors (Lipinski definition) is 4. The van der Waals surface area contributed by atoms with Gasteiger partial charge in [-0.3, -0.25) is 0 Å². The molecule has 2 rings (SSSR count). The van der Waals surface area contributed by atoms with Gasteiger partial charge in [-0.05, 0) is 38.2 Å². The molecule has 1 aliphatic heterocycles. The van der Waals surface area contributed by atoms with Crippen molar-refractivity contribution in [3.05, 3.63) is 29.8 Å². The number of nitrogens with one attached hydrogen (secondary N) is 1. The molecule has 2 N–H and O–H groups in total. The van der Waals surface area contributed by atoms with Crippen LogP contribution in [0.3, 0.4) is 0 Å². The molecule has 1 atom stereocenters. The Kier molecular flexibility index (Phi) is 4.76. The Balaban J connectivity index is 1.70. The molecule has 5 nitrogen and oxygen atoms in total. The molecule has 0 radical (unpaired) electrons. The number of carboxylic acid groups (broad SMARTS) is 1. The van der Waals surface area contributed by atoms with Crippen LogP contribution in [0.2, 0.25) is 0 Å². The van der Waals surface area contributed by atoms with Crippen molar-refractivity contribution in [3.63, 3.8) is 0 Å². The predicted octanol–water partition coefficient (Wildman–Crippen LogP) is 1.06. The van der Waals surface area contributed by atoms with Crippen LogP contribution in [0.4, 0.5) is 0 Å². The smallest absolute Gasteiger partial charge is 0.335 e. The van der Waals surface area contributed by atoms with E-state index in [9.17, 15) is 4.79 Å². The Hall–Kier alpha value is -1.59. The number of nitrogens with zero attached hydrogens (tertiary/aromatic N) is 1. The first-order valence-corrected chi connectivity index (χ1v) is 6.53. The number of rotatable bonds is 6. The molecule has 19 heavy (non-hydrogen) atoms. The quantitative estimate of drug-likeness (QED) is 0.752. The minimum atomic E-state index is -0.933. The first-order chi connectivity index (χ1) is 9.15. The van der Waals surface area contributed by atoms with Crippen molar-refractivity contribution in [3.8, 4) is 5.75 Å². The lowest BCUT2D eigenvalue weighted by atomic mass is 10.2. The molecule has 1 fully saturated rings. The highest BCUT2D eigenvalue weighted by molar-refractivity contribution is 5.87. The summed E-state index contributed by atoms with van der Waals surface area (Å²) in [5.41, 5.74) is 0.253. The fourth-order valence-corrected chi connectivity index (χ4v) is 2.25. The maximum absolute atomic E-state index is 10.8. The summed E-state index contributed by atoms with van der Waals surface area (Å²) in [6, 6.07) is 7.11. The molecule has 0 aliphatic carbocycles. The highest BCUT2D eigenvalue weighted by atomic mass is 16.5. The van der Waals surface area contributed by atoms with Gasteiger partial charge in [0.25, 0.3) is 0 Å². The molecule has 0 spiro atoms. The van der Waals surface area contributed by atoms with Gasteiger partial charge in [-0.1, -0.05) is 6.07 Å². The lowest BCUT2D eigenvalue weighted by Crippen LogP contribution is -2.34. The van der Waals surface area contributed by atoms with E-state index in [0.29, 0.717) is 18.4 Å². The normalized spacial score (nSPS) is 19.5. The van der Waals surface area contributed by atoms with Crippen LogP contribution in [-0.2, 0) is 0 Å². The lowest BCUT2D eigenvalue weighted by Gasteiger charge is -2.13. The van der Waals surface area contributed by atoms with E-state index in [0.717, 1.165) is 19.6 Å². The molecular formula is C14H20N2O3. The van der Waals surface area contributed by atoms with Crippen LogP contribution in [0.1, 0.15) is 16.8 Å². The number of likely N-dealkylation sites (tertiary alicyclic amines) is 1. The van der Waals surface area contributed by atoms with Crippen LogP contribution >= 0.6 is 0 Å². The van der Waals surface area contributed by atoms with Gasteiger partial charge in [-0.15, -0.1) is 0 Å². The van der Waals surface area contributed by atoms with Crippen molar-refractivity contribution in [2.45, 2.75) is 12.5 Å². The van der Waals surface area contributed by atoms with Crippen molar-refractivity contribution in [2.75, 3.05) is 33.3 Å². The monoisotopic (exact) mass is 264 g/mol. The van der Waals surface area contributed by atoms with Gasteiger partial charge >= 0.3 is 5.97 Å². The lowest BCUT2D eigenvalue weighted by molar-refractivity contribution is 0.0696. The Morgan fingerprint density at radius 2 is 2.42 bits per heavy atom. The zero-order valence-corrected chi connectivity index (χ0v) is 11.1. The minimum absolute atomic E-state index is 0.253. The van der Waals surface area contributed by atoms with Gasteiger partial charge in [0.15, 0.2) is 0 Å². The van der Waals surface area contributed by atoms with Crippen molar-refractivity contribution >= 4 is 5.97 Å². The van der Waals surface area contributed by atoms with E-state index in [2.05, 4.69) is 17.3 Å². The zero-order chi connectivity index (χ0) is 13.7. The molecule has 104 valence electrons. The Bertz CT molecular complexity index is 436.